The number of aromatic amines is 1. The Morgan fingerprint density at radius 3 is 2.28 bits per heavy atom. The zero-order chi connectivity index (χ0) is 21.0. The van der Waals surface area contributed by atoms with E-state index in [1.54, 1.807) is 12.1 Å². The molecule has 0 unspecified atom stereocenters. The number of nitrogens with two attached hydrogens (primary N) is 1. The zero-order valence-corrected chi connectivity index (χ0v) is 16.8. The molecule has 0 fully saturated rings. The molecule has 0 aliphatic carbocycles. The summed E-state index contributed by atoms with van der Waals surface area (Å²) in [6.45, 7) is 1.89. The number of nitrogen functional groups attached to an aromatic ring is 1. The average molecular weight is 393 g/mol. The van der Waals surface area contributed by atoms with Crippen molar-refractivity contribution in [3.05, 3.63) is 71.3 Å². The van der Waals surface area contributed by atoms with Crippen molar-refractivity contribution in [1.29, 1.82) is 0 Å². The molecule has 3 N–H and O–H groups in total. The van der Waals surface area contributed by atoms with Crippen LogP contribution in [0.4, 0.5) is 5.69 Å². The number of H-pyrrole nitrogens is 1. The molecule has 1 aromatic heterocycles. The van der Waals surface area contributed by atoms with Gasteiger partial charge in [0.25, 0.3) is 0 Å². The van der Waals surface area contributed by atoms with Crippen LogP contribution in [0.15, 0.2) is 48.7 Å². The van der Waals surface area contributed by atoms with Crippen molar-refractivity contribution in [3.8, 4) is 17.2 Å². The van der Waals surface area contributed by atoms with E-state index in [1.165, 1.54) is 27.5 Å². The number of ketones is 1. The molecule has 3 aromatic rings. The highest BCUT2D eigenvalue weighted by Gasteiger charge is 2.20. The number of imidazole rings is 1. The summed E-state index contributed by atoms with van der Waals surface area (Å²) in [5.74, 6) is 1.54. The van der Waals surface area contributed by atoms with Gasteiger partial charge in [0.2, 0.25) is 11.5 Å². The van der Waals surface area contributed by atoms with Crippen LogP contribution in [0.1, 0.15) is 34.4 Å². The third kappa shape index (κ3) is 3.80. The van der Waals surface area contributed by atoms with Gasteiger partial charge in [0.15, 0.2) is 11.5 Å². The lowest BCUT2D eigenvalue weighted by Gasteiger charge is -2.13. The third-order valence-corrected chi connectivity index (χ3v) is 4.54. The Morgan fingerprint density at radius 1 is 1.07 bits per heavy atom. The predicted octanol–water partition coefficient (Wildman–Crippen LogP) is 3.70. The van der Waals surface area contributed by atoms with Crippen LogP contribution in [-0.2, 0) is 0 Å². The molecule has 7 nitrogen and oxygen atoms in total. The first-order chi connectivity index (χ1) is 14.0. The molecular formula is C22H23N3O4. The van der Waals surface area contributed by atoms with Crippen LogP contribution < -0.4 is 19.9 Å². The van der Waals surface area contributed by atoms with Gasteiger partial charge in [-0.15, -0.1) is 0 Å². The molecule has 7 heteroatoms. The summed E-state index contributed by atoms with van der Waals surface area (Å²) < 4.78 is 16.0. The minimum absolute atomic E-state index is 0.250. The Hall–Kier alpha value is -3.74. The summed E-state index contributed by atoms with van der Waals surface area (Å²) in [5.41, 5.74) is 9.11. The highest BCUT2D eigenvalue weighted by Crippen LogP contribution is 2.38. The maximum absolute atomic E-state index is 13.0. The fourth-order valence-electron chi connectivity index (χ4n) is 3.10. The van der Waals surface area contributed by atoms with E-state index in [2.05, 4.69) is 9.97 Å². The number of hydrogen-bond acceptors (Lipinski definition) is 6. The van der Waals surface area contributed by atoms with Gasteiger partial charge >= 0.3 is 0 Å². The van der Waals surface area contributed by atoms with E-state index in [1.807, 2.05) is 37.3 Å². The number of carbonyl (C=O) groups excluding carboxylic acids is 1. The lowest BCUT2D eigenvalue weighted by atomic mass is 10.0. The first kappa shape index (κ1) is 20.0. The quantitative estimate of drug-likeness (QED) is 0.469. The summed E-state index contributed by atoms with van der Waals surface area (Å²) >= 11 is 0. The van der Waals surface area contributed by atoms with Gasteiger partial charge in [-0.25, -0.2) is 4.98 Å². The van der Waals surface area contributed by atoms with Gasteiger partial charge in [-0.1, -0.05) is 24.3 Å². The van der Waals surface area contributed by atoms with E-state index in [0.717, 1.165) is 11.1 Å². The van der Waals surface area contributed by atoms with Gasteiger partial charge in [-0.3, -0.25) is 4.79 Å². The van der Waals surface area contributed by atoms with Gasteiger partial charge in [0.1, 0.15) is 11.5 Å². The van der Waals surface area contributed by atoms with Crippen LogP contribution >= 0.6 is 0 Å². The fraction of sp³-hybridized carbons (Fsp3) is 0.182. The minimum atomic E-state index is -0.250. The molecule has 0 aliphatic heterocycles. The van der Waals surface area contributed by atoms with Crippen molar-refractivity contribution in [3.63, 3.8) is 0 Å². The molecule has 0 saturated carbocycles. The third-order valence-electron chi connectivity index (χ3n) is 4.54. The SMILES string of the molecule is C/C=C(/c1ncc(C(=O)c2cc(OC)c(OC)c(OC)c2)[nH]1)c1ccccc1N. The highest BCUT2D eigenvalue weighted by molar-refractivity contribution is 6.08. The second kappa shape index (κ2) is 8.52. The Kier molecular flexibility index (Phi) is 5.87. The zero-order valence-electron chi connectivity index (χ0n) is 16.8. The van der Waals surface area contributed by atoms with Crippen LogP contribution in [0.2, 0.25) is 0 Å². The molecule has 3 rings (SSSR count). The van der Waals surface area contributed by atoms with Crippen LogP contribution in [0.3, 0.4) is 0 Å². The molecule has 0 radical (unpaired) electrons. The summed E-state index contributed by atoms with van der Waals surface area (Å²) in [6.07, 6.45) is 3.40. The van der Waals surface area contributed by atoms with E-state index >= 15 is 0 Å². The van der Waals surface area contributed by atoms with Gasteiger partial charge in [0.05, 0.1) is 27.5 Å². The molecule has 0 bridgehead atoms. The van der Waals surface area contributed by atoms with E-state index in [9.17, 15) is 4.79 Å². The molecule has 29 heavy (non-hydrogen) atoms. The molecule has 2 aromatic carbocycles. The number of carbonyl (C=O) groups is 1. The van der Waals surface area contributed by atoms with Crippen LogP contribution in [0.25, 0.3) is 5.57 Å². The van der Waals surface area contributed by atoms with E-state index in [-0.39, 0.29) is 5.78 Å². The number of ether oxygens (including phenoxy) is 3. The van der Waals surface area contributed by atoms with E-state index < -0.39 is 0 Å². The molecule has 0 saturated heterocycles. The molecule has 0 aliphatic rings. The second-order valence-electron chi connectivity index (χ2n) is 6.18. The van der Waals surface area contributed by atoms with Crippen LogP contribution in [0, 0.1) is 0 Å². The molecule has 1 heterocycles. The Morgan fingerprint density at radius 2 is 1.72 bits per heavy atom. The summed E-state index contributed by atoms with van der Waals surface area (Å²) in [6, 6.07) is 10.7. The van der Waals surface area contributed by atoms with Crippen molar-refractivity contribution in [2.24, 2.45) is 0 Å². The lowest BCUT2D eigenvalue weighted by Crippen LogP contribution is -2.05. The largest absolute Gasteiger partial charge is 0.493 e. The lowest BCUT2D eigenvalue weighted by molar-refractivity contribution is 0.103. The highest BCUT2D eigenvalue weighted by atomic mass is 16.5. The number of rotatable bonds is 7. The number of anilines is 1. The van der Waals surface area contributed by atoms with Crippen molar-refractivity contribution >= 4 is 17.0 Å². The number of allylic oxidation sites excluding steroid dienone is 1. The summed E-state index contributed by atoms with van der Waals surface area (Å²) in [7, 11) is 4.52. The van der Waals surface area contributed by atoms with E-state index in [4.69, 9.17) is 19.9 Å². The second-order valence-corrected chi connectivity index (χ2v) is 6.18. The van der Waals surface area contributed by atoms with Gasteiger partial charge in [-0.05, 0) is 25.1 Å². The van der Waals surface area contributed by atoms with Crippen molar-refractivity contribution < 1.29 is 19.0 Å². The topological polar surface area (TPSA) is 99.5 Å². The molecular weight excluding hydrogens is 370 g/mol. The summed E-state index contributed by atoms with van der Waals surface area (Å²) in [5, 5.41) is 0. The molecule has 0 amide bonds. The van der Waals surface area contributed by atoms with Crippen molar-refractivity contribution in [2.75, 3.05) is 27.1 Å². The maximum atomic E-state index is 13.0. The number of hydrogen-bond donors (Lipinski definition) is 2. The number of para-hydroxylation sites is 1. The van der Waals surface area contributed by atoms with Gasteiger partial charge in [-0.2, -0.15) is 0 Å². The smallest absolute Gasteiger partial charge is 0.211 e. The maximum Gasteiger partial charge on any atom is 0.211 e. The van der Waals surface area contributed by atoms with Gasteiger partial charge in [0, 0.05) is 22.4 Å². The van der Waals surface area contributed by atoms with Crippen LogP contribution in [-0.4, -0.2) is 37.1 Å². The first-order valence-corrected chi connectivity index (χ1v) is 8.95. The average Bonchev–Trinajstić information content (AvgIpc) is 3.23. The Balaban J connectivity index is 1.99. The Bertz CT molecular complexity index is 1040. The molecule has 150 valence electrons. The number of nitrogens with one attached hydrogen (secondary N) is 1. The van der Waals surface area contributed by atoms with Crippen molar-refractivity contribution in [2.45, 2.75) is 6.92 Å². The standard InChI is InChI=1S/C22H23N3O4/c1-5-14(15-8-6-7-9-16(15)23)22-24-12-17(25-22)20(26)13-10-18(27-2)21(29-4)19(11-13)28-3/h5-12H,23H2,1-4H3,(H,24,25)/b14-5+. The number of aromatic nitrogens is 2. The van der Waals surface area contributed by atoms with Crippen molar-refractivity contribution in [1.82, 2.24) is 9.97 Å². The minimum Gasteiger partial charge on any atom is -0.493 e. The first-order valence-electron chi connectivity index (χ1n) is 8.95. The predicted molar refractivity (Wildman–Crippen MR) is 112 cm³/mol. The van der Waals surface area contributed by atoms with Crippen LogP contribution in [0.5, 0.6) is 17.2 Å². The molecule has 0 spiro atoms. The Labute approximate surface area is 169 Å². The normalized spacial score (nSPS) is 11.2. The number of nitrogens with zero attached hydrogens (tertiary/aromatic N) is 1. The van der Waals surface area contributed by atoms with E-state index in [0.29, 0.717) is 40.0 Å². The summed E-state index contributed by atoms with van der Waals surface area (Å²) in [4.78, 5) is 20.5. The van der Waals surface area contributed by atoms with Gasteiger partial charge < -0.3 is 24.9 Å². The number of methoxy groups -OCH3 is 3. The fourth-order valence-corrected chi connectivity index (χ4v) is 3.10. The monoisotopic (exact) mass is 393 g/mol. The number of benzene rings is 2. The molecule has 0 atom stereocenters.